The zero-order valence-electron chi connectivity index (χ0n) is 13.4. The lowest BCUT2D eigenvalue weighted by Gasteiger charge is -2.10. The molecule has 6 nitrogen and oxygen atoms in total. The van der Waals surface area contributed by atoms with Crippen LogP contribution in [-0.4, -0.2) is 20.2 Å². The van der Waals surface area contributed by atoms with Crippen LogP contribution < -0.4 is 10.1 Å². The van der Waals surface area contributed by atoms with Crippen LogP contribution in [0.4, 0.5) is 11.5 Å². The quantitative estimate of drug-likeness (QED) is 0.473. The van der Waals surface area contributed by atoms with E-state index >= 15 is 0 Å². The van der Waals surface area contributed by atoms with Crippen LogP contribution in [0.25, 0.3) is 10.8 Å². The van der Waals surface area contributed by atoms with Crippen LogP contribution in [-0.2, 0) is 6.61 Å². The van der Waals surface area contributed by atoms with E-state index in [4.69, 9.17) is 27.9 Å². The second-order valence-corrected chi connectivity index (χ2v) is 6.27. The Bertz CT molecular complexity index is 1050. The van der Waals surface area contributed by atoms with E-state index in [2.05, 4.69) is 25.5 Å². The fourth-order valence-electron chi connectivity index (χ4n) is 2.49. The van der Waals surface area contributed by atoms with Crippen LogP contribution in [0.1, 0.15) is 5.56 Å². The van der Waals surface area contributed by atoms with Crippen molar-refractivity contribution in [1.29, 1.82) is 0 Å². The summed E-state index contributed by atoms with van der Waals surface area (Å²) in [6.45, 7) is 0.341. The Hall–Kier alpha value is -2.83. The Morgan fingerprint density at radius 1 is 1.08 bits per heavy atom. The average Bonchev–Trinajstić information content (AvgIpc) is 3.07. The van der Waals surface area contributed by atoms with Gasteiger partial charge in [-0.25, -0.2) is 9.97 Å². The number of hydrogen-bond donors (Lipinski definition) is 2. The topological polar surface area (TPSA) is 75.7 Å². The van der Waals surface area contributed by atoms with Crippen molar-refractivity contribution in [2.45, 2.75) is 6.61 Å². The standard InChI is InChI=1S/C18H13Cl2N5O/c19-16-4-1-13(9-22-16)24-18-15-3-2-14(7-11(15)5-6-21-18)26-10-12-8-23-25-17(12)20/h1-9H,10H2,(H,21,24)(H,23,25). The summed E-state index contributed by atoms with van der Waals surface area (Å²) in [7, 11) is 0. The molecule has 0 bridgehead atoms. The Morgan fingerprint density at radius 3 is 2.77 bits per heavy atom. The van der Waals surface area contributed by atoms with Crippen LogP contribution in [0.5, 0.6) is 5.75 Å². The molecular weight excluding hydrogens is 373 g/mol. The van der Waals surface area contributed by atoms with Gasteiger partial charge < -0.3 is 10.1 Å². The van der Waals surface area contributed by atoms with Gasteiger partial charge in [0.25, 0.3) is 0 Å². The molecule has 0 fully saturated rings. The van der Waals surface area contributed by atoms with Gasteiger partial charge in [0.1, 0.15) is 23.3 Å². The lowest BCUT2D eigenvalue weighted by molar-refractivity contribution is 0.307. The van der Waals surface area contributed by atoms with Crippen molar-refractivity contribution in [2.75, 3.05) is 5.32 Å². The number of nitrogens with one attached hydrogen (secondary N) is 2. The molecule has 0 unspecified atom stereocenters. The van der Waals surface area contributed by atoms with Crippen molar-refractivity contribution >= 4 is 45.5 Å². The van der Waals surface area contributed by atoms with Crippen molar-refractivity contribution in [3.8, 4) is 5.75 Å². The minimum absolute atomic E-state index is 0.341. The molecule has 26 heavy (non-hydrogen) atoms. The van der Waals surface area contributed by atoms with Crippen molar-refractivity contribution < 1.29 is 4.74 Å². The Balaban J connectivity index is 1.57. The molecule has 0 saturated heterocycles. The SMILES string of the molecule is Clc1ccc(Nc2nccc3cc(OCc4c[nH]nc4Cl)ccc23)cn1. The molecule has 0 amide bonds. The van der Waals surface area contributed by atoms with Gasteiger partial charge in [0.15, 0.2) is 5.15 Å². The molecule has 0 spiro atoms. The molecule has 0 aliphatic carbocycles. The van der Waals surface area contributed by atoms with E-state index in [1.54, 1.807) is 24.7 Å². The number of nitrogens with zero attached hydrogens (tertiary/aromatic N) is 3. The number of hydrogen-bond acceptors (Lipinski definition) is 5. The van der Waals surface area contributed by atoms with Gasteiger partial charge in [0.05, 0.1) is 11.9 Å². The van der Waals surface area contributed by atoms with Gasteiger partial charge in [-0.1, -0.05) is 23.2 Å². The average molecular weight is 386 g/mol. The van der Waals surface area contributed by atoms with Gasteiger partial charge in [0, 0.05) is 23.3 Å². The summed E-state index contributed by atoms with van der Waals surface area (Å²) in [5.41, 5.74) is 1.61. The number of halogens is 2. The second-order valence-electron chi connectivity index (χ2n) is 5.53. The fraction of sp³-hybridized carbons (Fsp3) is 0.0556. The second kappa shape index (κ2) is 7.19. The van der Waals surface area contributed by atoms with Crippen molar-refractivity contribution in [2.24, 2.45) is 0 Å². The van der Waals surface area contributed by atoms with Gasteiger partial charge >= 0.3 is 0 Å². The molecule has 0 atom stereocenters. The van der Waals surface area contributed by atoms with Gasteiger partial charge in [-0.15, -0.1) is 0 Å². The Kier molecular flexibility index (Phi) is 4.60. The largest absolute Gasteiger partial charge is 0.489 e. The van der Waals surface area contributed by atoms with E-state index in [0.717, 1.165) is 33.6 Å². The fourth-order valence-corrected chi connectivity index (χ4v) is 2.76. The van der Waals surface area contributed by atoms with Crippen LogP contribution in [0.2, 0.25) is 10.3 Å². The highest BCUT2D eigenvalue weighted by Gasteiger charge is 2.07. The maximum Gasteiger partial charge on any atom is 0.157 e. The van der Waals surface area contributed by atoms with E-state index in [1.165, 1.54) is 0 Å². The monoisotopic (exact) mass is 385 g/mol. The number of ether oxygens (including phenoxy) is 1. The lowest BCUT2D eigenvalue weighted by Crippen LogP contribution is -1.97. The molecule has 4 aromatic rings. The smallest absolute Gasteiger partial charge is 0.157 e. The molecule has 1 aromatic carbocycles. The number of pyridine rings is 2. The highest BCUT2D eigenvalue weighted by atomic mass is 35.5. The minimum atomic E-state index is 0.341. The third kappa shape index (κ3) is 3.56. The van der Waals surface area contributed by atoms with Gasteiger partial charge in [-0.3, -0.25) is 5.10 Å². The number of anilines is 2. The Morgan fingerprint density at radius 2 is 2.00 bits per heavy atom. The molecule has 3 aromatic heterocycles. The zero-order chi connectivity index (χ0) is 17.9. The van der Waals surface area contributed by atoms with E-state index in [0.29, 0.717) is 16.9 Å². The van der Waals surface area contributed by atoms with E-state index in [1.807, 2.05) is 30.3 Å². The van der Waals surface area contributed by atoms with Gasteiger partial charge in [-0.05, 0) is 41.8 Å². The van der Waals surface area contributed by atoms with Crippen LogP contribution >= 0.6 is 23.2 Å². The number of rotatable bonds is 5. The van der Waals surface area contributed by atoms with Crippen LogP contribution in [0.15, 0.2) is 55.0 Å². The molecule has 2 N–H and O–H groups in total. The van der Waals surface area contributed by atoms with E-state index in [9.17, 15) is 0 Å². The number of aromatic nitrogens is 4. The normalized spacial score (nSPS) is 10.8. The third-order valence-electron chi connectivity index (χ3n) is 3.79. The summed E-state index contributed by atoms with van der Waals surface area (Å²) in [5, 5.41) is 12.7. The predicted octanol–water partition coefficient (Wildman–Crippen LogP) is 4.98. The summed E-state index contributed by atoms with van der Waals surface area (Å²) < 4.78 is 5.80. The van der Waals surface area contributed by atoms with Crippen molar-refractivity contribution in [3.05, 3.63) is 70.9 Å². The number of fused-ring (bicyclic) bond motifs is 1. The summed E-state index contributed by atoms with van der Waals surface area (Å²) in [6, 6.07) is 11.3. The summed E-state index contributed by atoms with van der Waals surface area (Å²) >= 11 is 11.8. The van der Waals surface area contributed by atoms with Crippen LogP contribution in [0, 0.1) is 0 Å². The van der Waals surface area contributed by atoms with Gasteiger partial charge in [-0.2, -0.15) is 5.10 Å². The van der Waals surface area contributed by atoms with E-state index in [-0.39, 0.29) is 0 Å². The zero-order valence-corrected chi connectivity index (χ0v) is 14.9. The van der Waals surface area contributed by atoms with Crippen LogP contribution in [0.3, 0.4) is 0 Å². The van der Waals surface area contributed by atoms with Gasteiger partial charge in [0.2, 0.25) is 0 Å². The first-order valence-electron chi connectivity index (χ1n) is 7.77. The minimum Gasteiger partial charge on any atom is -0.489 e. The maximum atomic E-state index is 5.96. The summed E-state index contributed by atoms with van der Waals surface area (Å²) in [5.74, 6) is 1.47. The number of benzene rings is 1. The summed E-state index contributed by atoms with van der Waals surface area (Å²) in [4.78, 5) is 8.47. The first-order chi connectivity index (χ1) is 12.7. The highest BCUT2D eigenvalue weighted by Crippen LogP contribution is 2.28. The van der Waals surface area contributed by atoms with E-state index < -0.39 is 0 Å². The molecule has 8 heteroatoms. The predicted molar refractivity (Wildman–Crippen MR) is 102 cm³/mol. The highest BCUT2D eigenvalue weighted by molar-refractivity contribution is 6.30. The van der Waals surface area contributed by atoms with Crippen molar-refractivity contribution in [1.82, 2.24) is 20.2 Å². The first-order valence-corrected chi connectivity index (χ1v) is 8.53. The molecular formula is C18H13Cl2N5O. The third-order valence-corrected chi connectivity index (χ3v) is 4.34. The Labute approximate surface area is 159 Å². The number of H-pyrrole nitrogens is 1. The molecule has 0 aliphatic heterocycles. The molecule has 4 rings (SSSR count). The molecule has 0 saturated carbocycles. The lowest BCUT2D eigenvalue weighted by atomic mass is 10.1. The van der Waals surface area contributed by atoms with Crippen molar-refractivity contribution in [3.63, 3.8) is 0 Å². The maximum absolute atomic E-state index is 5.96. The molecule has 0 aliphatic rings. The number of aromatic amines is 1. The molecule has 3 heterocycles. The summed E-state index contributed by atoms with van der Waals surface area (Å²) in [6.07, 6.45) is 5.12. The molecule has 130 valence electrons. The first kappa shape index (κ1) is 16.6. The molecule has 0 radical (unpaired) electrons.